The van der Waals surface area contributed by atoms with Gasteiger partial charge in [-0.3, -0.25) is 0 Å². The van der Waals surface area contributed by atoms with Crippen molar-refractivity contribution >= 4 is 27.9 Å². The van der Waals surface area contributed by atoms with Crippen molar-refractivity contribution in [2.45, 2.75) is 12.8 Å². The van der Waals surface area contributed by atoms with Crippen LogP contribution >= 0.6 is 0 Å². The fraction of sp³-hybridized carbons (Fsp3) is 0.400. The van der Waals surface area contributed by atoms with Gasteiger partial charge in [-0.15, -0.1) is 0 Å². The van der Waals surface area contributed by atoms with Crippen LogP contribution in [0.5, 0.6) is 0 Å². The zero-order valence-corrected chi connectivity index (χ0v) is 16.6. The van der Waals surface area contributed by atoms with Gasteiger partial charge in [0, 0.05) is 50.9 Å². The summed E-state index contributed by atoms with van der Waals surface area (Å²) in [6.07, 6.45) is 5.80. The Labute approximate surface area is 166 Å². The van der Waals surface area contributed by atoms with Gasteiger partial charge in [0.05, 0.1) is 0 Å². The van der Waals surface area contributed by atoms with E-state index in [1.807, 2.05) is 36.4 Å². The van der Waals surface area contributed by atoms with E-state index >= 15 is 0 Å². The van der Waals surface area contributed by atoms with E-state index in [1.54, 1.807) is 12.3 Å². The monoisotopic (exact) mass is 399 g/mol. The molecule has 2 aromatic rings. The summed E-state index contributed by atoms with van der Waals surface area (Å²) < 4.78 is 26.8. The van der Waals surface area contributed by atoms with Gasteiger partial charge in [-0.2, -0.15) is 9.29 Å². The lowest BCUT2D eigenvalue weighted by Gasteiger charge is -2.34. The van der Waals surface area contributed by atoms with Crippen LogP contribution in [-0.2, 0) is 10.0 Å². The minimum atomic E-state index is -3.42. The summed E-state index contributed by atoms with van der Waals surface area (Å²) in [5.41, 5.74) is 0.875. The number of hydrogen-bond donors (Lipinski definition) is 0. The molecular weight excluding hydrogens is 374 g/mol. The molecule has 2 aliphatic heterocycles. The molecule has 3 heterocycles. The number of rotatable bonds is 5. The highest BCUT2D eigenvalue weighted by Gasteiger charge is 2.26. The molecule has 2 aliphatic rings. The number of benzene rings is 1. The first-order valence-electron chi connectivity index (χ1n) is 9.68. The lowest BCUT2D eigenvalue weighted by atomic mass is 10.2. The van der Waals surface area contributed by atoms with Gasteiger partial charge in [0.15, 0.2) is 0 Å². The molecule has 0 unspecified atom stereocenters. The number of piperazine rings is 1. The minimum Gasteiger partial charge on any atom is -0.354 e. The van der Waals surface area contributed by atoms with Crippen molar-refractivity contribution in [3.05, 3.63) is 53.6 Å². The van der Waals surface area contributed by atoms with Gasteiger partial charge in [-0.25, -0.2) is 13.4 Å². The minimum absolute atomic E-state index is 0.449. The molecule has 28 heavy (non-hydrogen) atoms. The molecule has 0 saturated carbocycles. The van der Waals surface area contributed by atoms with Crippen molar-refractivity contribution < 1.29 is 8.42 Å². The van der Waals surface area contributed by atoms with Crippen molar-refractivity contribution in [3.8, 4) is 0 Å². The van der Waals surface area contributed by atoms with Crippen LogP contribution in [0.25, 0.3) is 6.08 Å². The Morgan fingerprint density at radius 1 is 0.857 bits per heavy atom. The molecule has 2 saturated heterocycles. The molecule has 148 valence electrons. The lowest BCUT2D eigenvalue weighted by molar-refractivity contribution is 0.389. The second kappa shape index (κ2) is 8.28. The molecule has 0 atom stereocenters. The second-order valence-corrected chi connectivity index (χ2v) is 8.87. The third kappa shape index (κ3) is 4.34. The molecule has 4 rings (SSSR count). The summed E-state index contributed by atoms with van der Waals surface area (Å²) in [6.45, 7) is 4.14. The Morgan fingerprint density at radius 3 is 2.29 bits per heavy atom. The third-order valence-electron chi connectivity index (χ3n) is 5.17. The highest BCUT2D eigenvalue weighted by atomic mass is 32.2. The van der Waals surface area contributed by atoms with E-state index in [0.29, 0.717) is 26.2 Å². The van der Waals surface area contributed by atoms with Crippen LogP contribution in [0.1, 0.15) is 18.4 Å². The number of sulfonamides is 1. The van der Waals surface area contributed by atoms with Crippen LogP contribution in [0.2, 0.25) is 0 Å². The Kier molecular flexibility index (Phi) is 5.59. The van der Waals surface area contributed by atoms with E-state index in [2.05, 4.69) is 14.8 Å². The molecule has 7 nitrogen and oxygen atoms in total. The van der Waals surface area contributed by atoms with Crippen LogP contribution < -0.4 is 9.80 Å². The zero-order valence-electron chi connectivity index (χ0n) is 15.8. The first-order valence-corrected chi connectivity index (χ1v) is 11.2. The summed E-state index contributed by atoms with van der Waals surface area (Å²) in [7, 11) is -3.42. The molecule has 8 heteroatoms. The van der Waals surface area contributed by atoms with Crippen molar-refractivity contribution in [2.75, 3.05) is 49.1 Å². The van der Waals surface area contributed by atoms with Crippen LogP contribution in [0.15, 0.2) is 48.0 Å². The van der Waals surface area contributed by atoms with E-state index < -0.39 is 10.0 Å². The number of nitrogens with zero attached hydrogens (tertiary/aromatic N) is 5. The SMILES string of the molecule is O=S(=O)(/C=C/c1ccccc1)N1CCN(c2ccnc(N3CCCC3)n2)CC1. The average Bonchev–Trinajstić information content (AvgIpc) is 3.28. The average molecular weight is 400 g/mol. The third-order valence-corrected chi connectivity index (χ3v) is 6.74. The Bertz CT molecular complexity index is 919. The van der Waals surface area contributed by atoms with Crippen molar-refractivity contribution in [1.82, 2.24) is 14.3 Å². The predicted molar refractivity (Wildman–Crippen MR) is 112 cm³/mol. The fourth-order valence-electron chi connectivity index (χ4n) is 3.57. The highest BCUT2D eigenvalue weighted by molar-refractivity contribution is 7.92. The Balaban J connectivity index is 1.39. The number of anilines is 2. The topological polar surface area (TPSA) is 69.6 Å². The van der Waals surface area contributed by atoms with Crippen LogP contribution in [0.3, 0.4) is 0 Å². The summed E-state index contributed by atoms with van der Waals surface area (Å²) in [4.78, 5) is 13.4. The van der Waals surface area contributed by atoms with E-state index in [-0.39, 0.29) is 0 Å². The smallest absolute Gasteiger partial charge is 0.236 e. The van der Waals surface area contributed by atoms with Crippen molar-refractivity contribution in [2.24, 2.45) is 0 Å². The summed E-state index contributed by atoms with van der Waals surface area (Å²) in [5.74, 6) is 1.64. The maximum absolute atomic E-state index is 12.6. The number of hydrogen-bond acceptors (Lipinski definition) is 6. The molecule has 0 bridgehead atoms. The summed E-state index contributed by atoms with van der Waals surface area (Å²) in [5, 5.41) is 1.30. The first kappa shape index (κ1) is 18.9. The van der Waals surface area contributed by atoms with Gasteiger partial charge >= 0.3 is 0 Å². The maximum atomic E-state index is 12.6. The van der Waals surface area contributed by atoms with Gasteiger partial charge in [0.1, 0.15) is 5.82 Å². The zero-order chi connectivity index (χ0) is 19.4. The van der Waals surface area contributed by atoms with Gasteiger partial charge in [-0.1, -0.05) is 30.3 Å². The van der Waals surface area contributed by atoms with Crippen LogP contribution in [0.4, 0.5) is 11.8 Å². The summed E-state index contributed by atoms with van der Waals surface area (Å²) in [6, 6.07) is 11.4. The van der Waals surface area contributed by atoms with Gasteiger partial charge in [0.2, 0.25) is 16.0 Å². The largest absolute Gasteiger partial charge is 0.354 e. The molecule has 0 radical (unpaired) electrons. The van der Waals surface area contributed by atoms with E-state index in [0.717, 1.165) is 30.4 Å². The molecule has 0 aliphatic carbocycles. The quantitative estimate of drug-likeness (QED) is 0.768. The van der Waals surface area contributed by atoms with Gasteiger partial charge in [-0.05, 0) is 30.5 Å². The maximum Gasteiger partial charge on any atom is 0.236 e. The fourth-order valence-corrected chi connectivity index (χ4v) is 4.74. The van der Waals surface area contributed by atoms with E-state index in [1.165, 1.54) is 22.6 Å². The van der Waals surface area contributed by atoms with Crippen LogP contribution in [-0.4, -0.2) is 62.0 Å². The predicted octanol–water partition coefficient (Wildman–Crippen LogP) is 2.20. The molecule has 2 fully saturated rings. The molecule has 0 N–H and O–H groups in total. The van der Waals surface area contributed by atoms with Crippen LogP contribution in [0, 0.1) is 0 Å². The molecule has 1 aromatic carbocycles. The van der Waals surface area contributed by atoms with E-state index in [4.69, 9.17) is 4.98 Å². The van der Waals surface area contributed by atoms with E-state index in [9.17, 15) is 8.42 Å². The molecule has 1 aromatic heterocycles. The Hall–Kier alpha value is -2.45. The van der Waals surface area contributed by atoms with Gasteiger partial charge < -0.3 is 9.80 Å². The highest BCUT2D eigenvalue weighted by Crippen LogP contribution is 2.21. The standard InChI is InChI=1S/C20H25N5O2S/c26-28(27,17-9-18-6-2-1-3-7-18)25-15-13-23(14-16-25)19-8-10-21-20(22-19)24-11-4-5-12-24/h1-3,6-10,17H,4-5,11-16H2/b17-9+. The molecule has 0 spiro atoms. The Morgan fingerprint density at radius 2 is 1.57 bits per heavy atom. The van der Waals surface area contributed by atoms with Gasteiger partial charge in [0.25, 0.3) is 0 Å². The second-order valence-electron chi connectivity index (χ2n) is 7.05. The van der Waals surface area contributed by atoms with Crippen molar-refractivity contribution in [3.63, 3.8) is 0 Å². The van der Waals surface area contributed by atoms with Crippen molar-refractivity contribution in [1.29, 1.82) is 0 Å². The molecular formula is C20H25N5O2S. The normalized spacial score (nSPS) is 18.9. The number of aromatic nitrogens is 2. The summed E-state index contributed by atoms with van der Waals surface area (Å²) >= 11 is 0. The molecule has 0 amide bonds. The first-order chi connectivity index (χ1) is 13.6. The lowest BCUT2D eigenvalue weighted by Crippen LogP contribution is -2.48.